The molecule has 1 rings (SSSR count). The number of phosphoric ester groups is 1. The second kappa shape index (κ2) is 14.5. The van der Waals surface area contributed by atoms with Gasteiger partial charge in [0.05, 0.1) is 6.61 Å². The Balaban J connectivity index is 2.90. The van der Waals surface area contributed by atoms with E-state index in [0.29, 0.717) is 0 Å². The molecule has 18 nitrogen and oxygen atoms in total. The van der Waals surface area contributed by atoms with Gasteiger partial charge in [0.1, 0.15) is 42.5 Å². The van der Waals surface area contributed by atoms with Crippen LogP contribution in [0.4, 0.5) is 0 Å². The van der Waals surface area contributed by atoms with Crippen molar-refractivity contribution >= 4 is 37.4 Å². The predicted octanol–water partition coefficient (Wildman–Crippen LogP) is -4.21. The molecule has 0 aromatic heterocycles. The van der Waals surface area contributed by atoms with Crippen LogP contribution in [0.15, 0.2) is 0 Å². The van der Waals surface area contributed by atoms with Gasteiger partial charge in [-0.2, -0.15) is 0 Å². The lowest BCUT2D eigenvalue weighted by Gasteiger charge is -2.43. The smallest absolute Gasteiger partial charge is 0.469 e. The van der Waals surface area contributed by atoms with Crippen LogP contribution < -0.4 is 21.7 Å². The molecule has 8 atom stereocenters. The number of nitrogens with two attached hydrogens (primary N) is 1. The van der Waals surface area contributed by atoms with E-state index >= 15 is 0 Å². The Kier molecular flexibility index (Phi) is 12.7. The number of nitrogens with one attached hydrogen (secondary N) is 3. The molecular weight excluding hydrogens is 539 g/mol. The summed E-state index contributed by atoms with van der Waals surface area (Å²) in [6, 6.07) is -3.99. The molecule has 0 radical (unpaired) electrons. The molecule has 1 unspecified atom stereocenters. The summed E-state index contributed by atoms with van der Waals surface area (Å²) in [4.78, 5) is 76.6. The fourth-order valence-corrected chi connectivity index (χ4v) is 3.68. The number of primary amides is 1. The molecule has 1 fully saturated rings. The summed E-state index contributed by atoms with van der Waals surface area (Å²) >= 11 is 0. The zero-order valence-corrected chi connectivity index (χ0v) is 21.6. The van der Waals surface area contributed by atoms with Crippen LogP contribution in [-0.4, -0.2) is 110 Å². The molecule has 38 heavy (non-hydrogen) atoms. The largest absolute Gasteiger partial charge is 0.481 e. The standard InChI is InChI=1S/C19H33N4O14P/c1-7(17(29)23-10(16(20)28)4-5-12(25)26)21-18(30)8(2)36-15-13(22-9(3)24)19(31)37-11(14(15)27)6-35-38(32,33)34/h7-8,10-11,13-15,19,27,31H,4-6H2,1-3H3,(H2,20,28)(H,21,30)(H,22,24)(H,23,29)(H,25,26)(H2,32,33,34)/t7-,8+,10+,11+,13+,14+,15+,19?/m0/s1. The van der Waals surface area contributed by atoms with Gasteiger partial charge < -0.3 is 56.3 Å². The zero-order valence-electron chi connectivity index (χ0n) is 20.7. The minimum Gasteiger partial charge on any atom is -0.481 e. The third-order valence-corrected chi connectivity index (χ3v) is 5.74. The molecular formula is C19H33N4O14P. The Morgan fingerprint density at radius 1 is 1.08 bits per heavy atom. The van der Waals surface area contributed by atoms with Gasteiger partial charge in [-0.15, -0.1) is 0 Å². The molecule has 1 aliphatic heterocycles. The number of aliphatic hydroxyl groups is 2. The number of carboxylic acids is 1. The van der Waals surface area contributed by atoms with E-state index in [1.54, 1.807) is 0 Å². The first-order valence-corrected chi connectivity index (χ1v) is 12.7. The summed E-state index contributed by atoms with van der Waals surface area (Å²) in [6.07, 6.45) is -8.85. The Hall–Kier alpha value is -2.70. The number of ether oxygens (including phenoxy) is 2. The summed E-state index contributed by atoms with van der Waals surface area (Å²) in [5.41, 5.74) is 5.16. The second-order valence-corrected chi connectivity index (χ2v) is 9.68. The van der Waals surface area contributed by atoms with Crippen LogP contribution in [0.2, 0.25) is 0 Å². The molecule has 0 aliphatic carbocycles. The number of hydrogen-bond acceptors (Lipinski definition) is 11. The predicted molar refractivity (Wildman–Crippen MR) is 122 cm³/mol. The van der Waals surface area contributed by atoms with Crippen LogP contribution in [-0.2, 0) is 42.5 Å². The van der Waals surface area contributed by atoms with Crippen molar-refractivity contribution in [3.63, 3.8) is 0 Å². The van der Waals surface area contributed by atoms with E-state index in [4.69, 9.17) is 30.1 Å². The van der Waals surface area contributed by atoms with E-state index in [0.717, 1.165) is 6.92 Å². The SMILES string of the molecule is CC(=O)N[C@H]1C(O)O[C@H](COP(=O)(O)O)[C@@H](O)[C@@H]1O[C@H](C)C(=O)N[C@@H](C)C(=O)N[C@H](CCC(=O)O)C(N)=O. The summed E-state index contributed by atoms with van der Waals surface area (Å²) in [5.74, 6) is -4.65. The van der Waals surface area contributed by atoms with Gasteiger partial charge in [-0.25, -0.2) is 4.57 Å². The molecule has 0 aromatic rings. The lowest BCUT2D eigenvalue weighted by molar-refractivity contribution is -0.265. The van der Waals surface area contributed by atoms with E-state index < -0.39 is 99.3 Å². The van der Waals surface area contributed by atoms with Gasteiger partial charge in [0.15, 0.2) is 6.29 Å². The van der Waals surface area contributed by atoms with Gasteiger partial charge >= 0.3 is 13.8 Å². The van der Waals surface area contributed by atoms with Gasteiger partial charge in [0.25, 0.3) is 0 Å². The average molecular weight is 572 g/mol. The maximum absolute atomic E-state index is 12.6. The van der Waals surface area contributed by atoms with Crippen molar-refractivity contribution in [3.05, 3.63) is 0 Å². The zero-order chi connectivity index (χ0) is 29.4. The fourth-order valence-electron chi connectivity index (χ4n) is 3.34. The first-order chi connectivity index (χ1) is 17.4. The van der Waals surface area contributed by atoms with Gasteiger partial charge in [-0.3, -0.25) is 28.5 Å². The minimum absolute atomic E-state index is 0.280. The normalized spacial score (nSPS) is 25.9. The highest BCUT2D eigenvalue weighted by Gasteiger charge is 2.47. The number of phosphoric acid groups is 1. The van der Waals surface area contributed by atoms with E-state index in [-0.39, 0.29) is 6.42 Å². The van der Waals surface area contributed by atoms with Crippen LogP contribution in [0.5, 0.6) is 0 Å². The van der Waals surface area contributed by atoms with Crippen molar-refractivity contribution in [2.75, 3.05) is 6.61 Å². The quantitative estimate of drug-likeness (QED) is 0.0892. The van der Waals surface area contributed by atoms with Crippen molar-refractivity contribution < 1.29 is 67.6 Å². The first kappa shape index (κ1) is 33.3. The summed E-state index contributed by atoms with van der Waals surface area (Å²) in [7, 11) is -4.97. The molecule has 218 valence electrons. The Labute approximate surface area is 216 Å². The Morgan fingerprint density at radius 2 is 1.68 bits per heavy atom. The fraction of sp³-hybridized carbons (Fsp3) is 0.737. The highest BCUT2D eigenvalue weighted by atomic mass is 31.2. The number of carbonyl (C=O) groups is 5. The van der Waals surface area contributed by atoms with Crippen LogP contribution in [0.25, 0.3) is 0 Å². The Bertz CT molecular complexity index is 929. The Morgan fingerprint density at radius 3 is 2.18 bits per heavy atom. The highest BCUT2D eigenvalue weighted by molar-refractivity contribution is 7.46. The van der Waals surface area contributed by atoms with Crippen LogP contribution >= 0.6 is 7.82 Å². The number of carbonyl (C=O) groups excluding carboxylic acids is 4. The van der Waals surface area contributed by atoms with Crippen molar-refractivity contribution in [1.29, 1.82) is 0 Å². The monoisotopic (exact) mass is 572 g/mol. The van der Waals surface area contributed by atoms with Gasteiger partial charge in [0.2, 0.25) is 23.6 Å². The van der Waals surface area contributed by atoms with Crippen LogP contribution in [0, 0.1) is 0 Å². The molecule has 4 amide bonds. The summed E-state index contributed by atoms with van der Waals surface area (Å²) < 4.78 is 25.9. The molecule has 1 heterocycles. The van der Waals surface area contributed by atoms with Crippen molar-refractivity contribution in [2.45, 2.75) is 82.4 Å². The second-order valence-electron chi connectivity index (χ2n) is 8.44. The van der Waals surface area contributed by atoms with Crippen molar-refractivity contribution in [2.24, 2.45) is 5.73 Å². The number of aliphatic hydroxyl groups excluding tert-OH is 2. The van der Waals surface area contributed by atoms with E-state index in [2.05, 4.69) is 20.5 Å². The summed E-state index contributed by atoms with van der Waals surface area (Å²) in [6.45, 7) is 2.67. The molecule has 0 bridgehead atoms. The van der Waals surface area contributed by atoms with Crippen LogP contribution in [0.1, 0.15) is 33.6 Å². The molecule has 1 aliphatic rings. The average Bonchev–Trinajstić information content (AvgIpc) is 2.78. The maximum Gasteiger partial charge on any atom is 0.469 e. The van der Waals surface area contributed by atoms with Gasteiger partial charge in [-0.05, 0) is 20.3 Å². The van der Waals surface area contributed by atoms with Crippen molar-refractivity contribution in [3.8, 4) is 0 Å². The third kappa shape index (κ3) is 11.0. The first-order valence-electron chi connectivity index (χ1n) is 11.2. The molecule has 1 saturated heterocycles. The number of amides is 4. The number of rotatable bonds is 14. The molecule has 0 saturated carbocycles. The summed E-state index contributed by atoms with van der Waals surface area (Å²) in [5, 5.41) is 36.5. The van der Waals surface area contributed by atoms with Gasteiger partial charge in [0, 0.05) is 13.3 Å². The molecule has 19 heteroatoms. The van der Waals surface area contributed by atoms with Crippen LogP contribution in [0.3, 0.4) is 0 Å². The topological polar surface area (TPSA) is 293 Å². The van der Waals surface area contributed by atoms with Gasteiger partial charge in [-0.1, -0.05) is 0 Å². The molecule has 0 spiro atoms. The minimum atomic E-state index is -4.97. The highest BCUT2D eigenvalue weighted by Crippen LogP contribution is 2.37. The maximum atomic E-state index is 12.6. The molecule has 10 N–H and O–H groups in total. The lowest BCUT2D eigenvalue weighted by atomic mass is 9.96. The third-order valence-electron chi connectivity index (χ3n) is 5.26. The number of hydrogen-bond donors (Lipinski definition) is 9. The van der Waals surface area contributed by atoms with E-state index in [1.165, 1.54) is 13.8 Å². The van der Waals surface area contributed by atoms with E-state index in [9.17, 15) is 38.8 Å². The molecule has 0 aromatic carbocycles. The number of carboxylic acid groups (broad SMARTS) is 1. The lowest BCUT2D eigenvalue weighted by Crippen LogP contribution is -2.65. The number of aliphatic carboxylic acids is 1. The van der Waals surface area contributed by atoms with Crippen molar-refractivity contribution in [1.82, 2.24) is 16.0 Å². The van der Waals surface area contributed by atoms with E-state index in [1.807, 2.05) is 0 Å².